The fourth-order valence-corrected chi connectivity index (χ4v) is 2.72. The largest absolute Gasteiger partial charge is 0.374 e. The van der Waals surface area contributed by atoms with Crippen LogP contribution in [0.1, 0.15) is 19.3 Å². The van der Waals surface area contributed by atoms with E-state index in [4.69, 9.17) is 4.74 Å². The minimum absolute atomic E-state index is 0.336. The third-order valence-electron chi connectivity index (χ3n) is 3.66. The molecule has 2 fully saturated rings. The molecule has 0 aromatic heterocycles. The summed E-state index contributed by atoms with van der Waals surface area (Å²) in [4.78, 5) is 2.58. The van der Waals surface area contributed by atoms with Gasteiger partial charge in [-0.1, -0.05) is 6.08 Å². The van der Waals surface area contributed by atoms with Crippen LogP contribution in [0.25, 0.3) is 0 Å². The van der Waals surface area contributed by atoms with Gasteiger partial charge in [-0.15, -0.1) is 6.58 Å². The van der Waals surface area contributed by atoms with Gasteiger partial charge in [-0.2, -0.15) is 0 Å². The van der Waals surface area contributed by atoms with Gasteiger partial charge in [0.25, 0.3) is 0 Å². The van der Waals surface area contributed by atoms with Crippen molar-refractivity contribution in [3.05, 3.63) is 12.7 Å². The predicted octanol–water partition coefficient (Wildman–Crippen LogP) is 1.01. The normalized spacial score (nSPS) is 33.7. The van der Waals surface area contributed by atoms with E-state index in [9.17, 15) is 0 Å². The first-order valence-electron chi connectivity index (χ1n) is 5.99. The van der Waals surface area contributed by atoms with E-state index >= 15 is 0 Å². The third-order valence-corrected chi connectivity index (χ3v) is 3.66. The highest BCUT2D eigenvalue weighted by Gasteiger charge is 2.34. The zero-order valence-electron chi connectivity index (χ0n) is 9.61. The van der Waals surface area contributed by atoms with E-state index in [1.54, 1.807) is 0 Å². The molecule has 0 aliphatic carbocycles. The molecule has 2 rings (SSSR count). The van der Waals surface area contributed by atoms with E-state index in [0.717, 1.165) is 19.6 Å². The van der Waals surface area contributed by atoms with E-state index in [1.807, 2.05) is 13.1 Å². The molecule has 86 valence electrons. The van der Waals surface area contributed by atoms with Crippen LogP contribution in [0, 0.1) is 0 Å². The maximum atomic E-state index is 5.95. The second kappa shape index (κ2) is 5.10. The van der Waals surface area contributed by atoms with Crippen molar-refractivity contribution in [2.24, 2.45) is 0 Å². The average molecular weight is 210 g/mol. The van der Waals surface area contributed by atoms with Crippen molar-refractivity contribution in [3.63, 3.8) is 0 Å². The van der Waals surface area contributed by atoms with Gasteiger partial charge in [0, 0.05) is 18.6 Å². The van der Waals surface area contributed by atoms with E-state index in [2.05, 4.69) is 16.8 Å². The standard InChI is InChI=1S/C12H22N2O/c1-3-5-11(13-2)12-8-14-7-4-6-10(14)9-15-12/h3,10-13H,1,4-9H2,2H3. The van der Waals surface area contributed by atoms with Crippen molar-refractivity contribution in [1.82, 2.24) is 10.2 Å². The molecule has 0 spiro atoms. The van der Waals surface area contributed by atoms with Crippen molar-refractivity contribution >= 4 is 0 Å². The van der Waals surface area contributed by atoms with Gasteiger partial charge in [0.2, 0.25) is 0 Å². The summed E-state index contributed by atoms with van der Waals surface area (Å²) in [5, 5.41) is 3.33. The van der Waals surface area contributed by atoms with Crippen molar-refractivity contribution in [2.75, 3.05) is 26.7 Å². The number of morpholine rings is 1. The summed E-state index contributed by atoms with van der Waals surface area (Å²) in [5.74, 6) is 0. The molecular weight excluding hydrogens is 188 g/mol. The molecule has 1 N–H and O–H groups in total. The fourth-order valence-electron chi connectivity index (χ4n) is 2.72. The summed E-state index contributed by atoms with van der Waals surface area (Å²) in [7, 11) is 2.01. The summed E-state index contributed by atoms with van der Waals surface area (Å²) in [5.41, 5.74) is 0. The number of fused-ring (bicyclic) bond motifs is 1. The lowest BCUT2D eigenvalue weighted by Crippen LogP contribution is -2.53. The van der Waals surface area contributed by atoms with Crippen LogP contribution < -0.4 is 5.32 Å². The Bertz CT molecular complexity index is 220. The SMILES string of the molecule is C=CCC(NC)C1CN2CCCC2CO1. The van der Waals surface area contributed by atoms with Gasteiger partial charge in [0.05, 0.1) is 12.7 Å². The minimum atomic E-state index is 0.336. The van der Waals surface area contributed by atoms with Crippen LogP contribution in [-0.2, 0) is 4.74 Å². The van der Waals surface area contributed by atoms with Crippen LogP contribution in [0.2, 0.25) is 0 Å². The molecule has 2 aliphatic rings. The summed E-state index contributed by atoms with van der Waals surface area (Å²) in [6.45, 7) is 7.06. The molecule has 0 aromatic rings. The lowest BCUT2D eigenvalue weighted by Gasteiger charge is -2.38. The molecule has 3 nitrogen and oxygen atoms in total. The number of nitrogens with one attached hydrogen (secondary N) is 1. The maximum absolute atomic E-state index is 5.95. The Morgan fingerprint density at radius 1 is 1.67 bits per heavy atom. The second-order valence-electron chi connectivity index (χ2n) is 4.58. The Hall–Kier alpha value is -0.380. The molecule has 0 bridgehead atoms. The first-order chi connectivity index (χ1) is 7.35. The number of nitrogens with zero attached hydrogens (tertiary/aromatic N) is 1. The summed E-state index contributed by atoms with van der Waals surface area (Å²) >= 11 is 0. The highest BCUT2D eigenvalue weighted by atomic mass is 16.5. The monoisotopic (exact) mass is 210 g/mol. The molecular formula is C12H22N2O. The first-order valence-corrected chi connectivity index (χ1v) is 5.99. The molecule has 3 heteroatoms. The molecule has 0 saturated carbocycles. The zero-order valence-corrected chi connectivity index (χ0v) is 9.61. The minimum Gasteiger partial charge on any atom is -0.374 e. The molecule has 0 amide bonds. The highest BCUT2D eigenvalue weighted by molar-refractivity contribution is 4.91. The van der Waals surface area contributed by atoms with Crippen molar-refractivity contribution in [1.29, 1.82) is 0 Å². The Morgan fingerprint density at radius 2 is 2.53 bits per heavy atom. The van der Waals surface area contributed by atoms with Gasteiger partial charge in [-0.05, 0) is 32.9 Å². The molecule has 2 aliphatic heterocycles. The van der Waals surface area contributed by atoms with Gasteiger partial charge < -0.3 is 10.1 Å². The molecule has 2 saturated heterocycles. The first kappa shape index (κ1) is 11.1. The van der Waals surface area contributed by atoms with Crippen molar-refractivity contribution in [2.45, 2.75) is 37.5 Å². The van der Waals surface area contributed by atoms with Gasteiger partial charge in [-0.25, -0.2) is 0 Å². The molecule has 15 heavy (non-hydrogen) atoms. The van der Waals surface area contributed by atoms with Crippen LogP contribution in [0.3, 0.4) is 0 Å². The quantitative estimate of drug-likeness (QED) is 0.701. The Morgan fingerprint density at radius 3 is 3.27 bits per heavy atom. The molecule has 0 radical (unpaired) electrons. The maximum Gasteiger partial charge on any atom is 0.0858 e. The van der Waals surface area contributed by atoms with E-state index in [-0.39, 0.29) is 0 Å². The van der Waals surface area contributed by atoms with Crippen LogP contribution in [-0.4, -0.2) is 49.8 Å². The van der Waals surface area contributed by atoms with E-state index in [1.165, 1.54) is 19.4 Å². The number of likely N-dealkylation sites (N-methyl/N-ethyl adjacent to an activating group) is 1. The Kier molecular flexibility index (Phi) is 3.78. The van der Waals surface area contributed by atoms with Crippen molar-refractivity contribution in [3.8, 4) is 0 Å². The molecule has 3 unspecified atom stereocenters. The molecule has 3 atom stereocenters. The average Bonchev–Trinajstić information content (AvgIpc) is 2.72. The topological polar surface area (TPSA) is 24.5 Å². The van der Waals surface area contributed by atoms with Gasteiger partial charge in [0.15, 0.2) is 0 Å². The lowest BCUT2D eigenvalue weighted by atomic mass is 10.0. The summed E-state index contributed by atoms with van der Waals surface area (Å²) in [6.07, 6.45) is 5.95. The van der Waals surface area contributed by atoms with Crippen LogP contribution in [0.5, 0.6) is 0 Å². The predicted molar refractivity (Wildman–Crippen MR) is 62.0 cm³/mol. The molecule has 2 heterocycles. The number of ether oxygens (including phenoxy) is 1. The number of hydrogen-bond acceptors (Lipinski definition) is 3. The zero-order chi connectivity index (χ0) is 10.7. The van der Waals surface area contributed by atoms with Gasteiger partial charge in [0.1, 0.15) is 0 Å². The Labute approximate surface area is 92.5 Å². The van der Waals surface area contributed by atoms with Gasteiger partial charge >= 0.3 is 0 Å². The van der Waals surface area contributed by atoms with Crippen LogP contribution >= 0.6 is 0 Å². The third kappa shape index (κ3) is 2.41. The van der Waals surface area contributed by atoms with Crippen LogP contribution in [0.4, 0.5) is 0 Å². The summed E-state index contributed by atoms with van der Waals surface area (Å²) < 4.78 is 5.95. The fraction of sp³-hybridized carbons (Fsp3) is 0.833. The Balaban J connectivity index is 1.90. The number of rotatable bonds is 4. The molecule has 0 aromatic carbocycles. The number of hydrogen-bond donors (Lipinski definition) is 1. The van der Waals surface area contributed by atoms with Gasteiger partial charge in [-0.3, -0.25) is 4.90 Å². The smallest absolute Gasteiger partial charge is 0.0858 e. The van der Waals surface area contributed by atoms with E-state index in [0.29, 0.717) is 18.2 Å². The van der Waals surface area contributed by atoms with Crippen LogP contribution in [0.15, 0.2) is 12.7 Å². The second-order valence-corrected chi connectivity index (χ2v) is 4.58. The summed E-state index contributed by atoms with van der Waals surface area (Å²) in [6, 6.07) is 1.12. The van der Waals surface area contributed by atoms with Crippen molar-refractivity contribution < 1.29 is 4.74 Å². The highest BCUT2D eigenvalue weighted by Crippen LogP contribution is 2.24. The lowest BCUT2D eigenvalue weighted by molar-refractivity contribution is -0.0630. The van der Waals surface area contributed by atoms with E-state index < -0.39 is 0 Å².